The molecular weight excluding hydrogens is 398 g/mol. The third-order valence-corrected chi connectivity index (χ3v) is 5.25. The number of ketones is 1. The summed E-state index contributed by atoms with van der Waals surface area (Å²) in [5.74, 6) is 1.22. The van der Waals surface area contributed by atoms with E-state index >= 15 is 0 Å². The van der Waals surface area contributed by atoms with E-state index in [1.54, 1.807) is 7.11 Å². The Balaban J connectivity index is 0.000000775. The molecule has 4 nitrogen and oxygen atoms in total. The van der Waals surface area contributed by atoms with Gasteiger partial charge in [0, 0.05) is 29.0 Å². The van der Waals surface area contributed by atoms with Crippen LogP contribution in [-0.4, -0.2) is 24.5 Å². The van der Waals surface area contributed by atoms with Crippen LogP contribution in [0.15, 0.2) is 72.8 Å². The minimum Gasteiger partial charge on any atom is -0.493 e. The van der Waals surface area contributed by atoms with Gasteiger partial charge in [-0.05, 0) is 47.0 Å². The van der Waals surface area contributed by atoms with Crippen LogP contribution in [0.3, 0.4) is 0 Å². The van der Waals surface area contributed by atoms with E-state index in [0.717, 1.165) is 28.5 Å². The van der Waals surface area contributed by atoms with Gasteiger partial charge in [0.05, 0.1) is 19.2 Å². The highest BCUT2D eigenvalue weighted by atomic mass is 16.5. The van der Waals surface area contributed by atoms with E-state index in [0.29, 0.717) is 29.4 Å². The van der Waals surface area contributed by atoms with E-state index < -0.39 is 0 Å². The minimum atomic E-state index is -0.0371. The molecule has 4 heteroatoms. The maximum absolute atomic E-state index is 13.1. The average molecular weight is 426 g/mol. The molecule has 0 radical (unpaired) electrons. The Hall–Kier alpha value is -3.66. The molecule has 0 N–H and O–H groups in total. The highest BCUT2D eigenvalue weighted by Crippen LogP contribution is 2.33. The Morgan fingerprint density at radius 2 is 1.66 bits per heavy atom. The molecule has 162 valence electrons. The number of carbonyl (C=O) groups is 1. The third-order valence-electron chi connectivity index (χ3n) is 5.25. The first-order valence-electron chi connectivity index (χ1n) is 11.0. The van der Waals surface area contributed by atoms with Crippen LogP contribution in [0.4, 0.5) is 0 Å². The number of aromatic nitrogens is 1. The van der Waals surface area contributed by atoms with Gasteiger partial charge in [-0.15, -0.1) is 0 Å². The summed E-state index contributed by atoms with van der Waals surface area (Å²) < 4.78 is 11.3. The van der Waals surface area contributed by atoms with Gasteiger partial charge in [0.15, 0.2) is 5.78 Å². The van der Waals surface area contributed by atoms with Gasteiger partial charge in [-0.25, -0.2) is 4.98 Å². The van der Waals surface area contributed by atoms with E-state index in [-0.39, 0.29) is 5.78 Å². The number of fused-ring (bicyclic) bond motifs is 6. The molecule has 0 fully saturated rings. The molecule has 0 amide bonds. The zero-order chi connectivity index (χ0) is 22.5. The van der Waals surface area contributed by atoms with Crippen molar-refractivity contribution in [1.29, 1.82) is 0 Å². The van der Waals surface area contributed by atoms with Crippen LogP contribution in [0.25, 0.3) is 22.0 Å². The zero-order valence-electron chi connectivity index (χ0n) is 18.7. The first-order chi connectivity index (χ1) is 15.6. The summed E-state index contributed by atoms with van der Waals surface area (Å²) in [6, 6.07) is 23.3. The lowest BCUT2D eigenvalue weighted by Gasteiger charge is -2.13. The Morgan fingerprint density at radius 3 is 2.47 bits per heavy atom. The second kappa shape index (κ2) is 9.65. The summed E-state index contributed by atoms with van der Waals surface area (Å²) in [4.78, 5) is 17.7. The number of pyridine rings is 1. The van der Waals surface area contributed by atoms with Crippen molar-refractivity contribution in [3.63, 3.8) is 0 Å². The SMILES string of the molecule is CCC.COc1cc2c3cc(ccc3n1)C(=O)c1cccc(c1)OCCc1cccc-2c1. The number of nitrogens with zero attached hydrogens (tertiary/aromatic N) is 1. The zero-order valence-corrected chi connectivity index (χ0v) is 18.7. The standard InChI is InChI=1S/C25H19NO3.C3H8/c1-28-24-15-21-17-5-2-4-16(12-17)10-11-29-20-7-3-6-18(13-20)25(27)19-8-9-23(26-24)22(21)14-19;1-3-2/h2-9,12-15H,10-11H2,1H3;3H2,1-2H3. The van der Waals surface area contributed by atoms with Crippen molar-refractivity contribution in [1.82, 2.24) is 4.98 Å². The molecule has 0 aliphatic carbocycles. The van der Waals surface area contributed by atoms with Gasteiger partial charge in [0.2, 0.25) is 5.88 Å². The predicted octanol–water partition coefficient (Wildman–Crippen LogP) is 6.49. The molecule has 4 aromatic rings. The first kappa shape index (κ1) is 21.6. The number of hydrogen-bond donors (Lipinski definition) is 0. The van der Waals surface area contributed by atoms with Crippen molar-refractivity contribution in [3.8, 4) is 22.8 Å². The molecule has 1 aliphatic heterocycles. The number of benzene rings is 3. The van der Waals surface area contributed by atoms with E-state index in [1.807, 2.05) is 54.6 Å². The van der Waals surface area contributed by atoms with Gasteiger partial charge in [-0.1, -0.05) is 56.7 Å². The lowest BCUT2D eigenvalue weighted by Crippen LogP contribution is -2.05. The van der Waals surface area contributed by atoms with Gasteiger partial charge in [-0.2, -0.15) is 0 Å². The van der Waals surface area contributed by atoms with Gasteiger partial charge >= 0.3 is 0 Å². The van der Waals surface area contributed by atoms with Crippen LogP contribution in [-0.2, 0) is 6.42 Å². The predicted molar refractivity (Wildman–Crippen MR) is 129 cm³/mol. The summed E-state index contributed by atoms with van der Waals surface area (Å²) in [5.41, 5.74) is 5.28. The lowest BCUT2D eigenvalue weighted by molar-refractivity contribution is 0.103. The number of methoxy groups -OCH3 is 1. The van der Waals surface area contributed by atoms with Gasteiger partial charge in [-0.3, -0.25) is 4.79 Å². The minimum absolute atomic E-state index is 0.0371. The van der Waals surface area contributed by atoms with E-state index in [4.69, 9.17) is 9.47 Å². The fourth-order valence-electron chi connectivity index (χ4n) is 3.76. The number of hydrogen-bond acceptors (Lipinski definition) is 4. The van der Waals surface area contributed by atoms with Gasteiger partial charge in [0.25, 0.3) is 0 Å². The molecule has 0 saturated heterocycles. The molecule has 1 aliphatic rings. The number of ether oxygens (including phenoxy) is 2. The van der Waals surface area contributed by atoms with E-state index in [1.165, 1.54) is 12.0 Å². The molecule has 0 unspecified atom stereocenters. The van der Waals surface area contributed by atoms with Crippen molar-refractivity contribution < 1.29 is 14.3 Å². The molecule has 3 aromatic carbocycles. The van der Waals surface area contributed by atoms with Crippen LogP contribution in [0, 0.1) is 0 Å². The number of rotatable bonds is 1. The summed E-state index contributed by atoms with van der Waals surface area (Å²) in [6.45, 7) is 4.79. The normalized spacial score (nSPS) is 12.4. The highest BCUT2D eigenvalue weighted by Gasteiger charge is 2.15. The molecular formula is C28H27NO3. The summed E-state index contributed by atoms with van der Waals surface area (Å²) in [6.07, 6.45) is 2.03. The van der Waals surface area contributed by atoms with Crippen molar-refractivity contribution in [2.24, 2.45) is 0 Å². The lowest BCUT2D eigenvalue weighted by atomic mass is 9.95. The molecule has 0 saturated carbocycles. The van der Waals surface area contributed by atoms with Gasteiger partial charge in [0.1, 0.15) is 5.75 Å². The molecule has 6 bridgehead atoms. The molecule has 5 rings (SSSR count). The van der Waals surface area contributed by atoms with Crippen molar-refractivity contribution in [2.75, 3.05) is 13.7 Å². The Morgan fingerprint density at radius 1 is 0.906 bits per heavy atom. The third kappa shape index (κ3) is 4.50. The summed E-state index contributed by atoms with van der Waals surface area (Å²) in [7, 11) is 1.61. The monoisotopic (exact) mass is 425 g/mol. The van der Waals surface area contributed by atoms with E-state index in [2.05, 4.69) is 37.0 Å². The van der Waals surface area contributed by atoms with Crippen LogP contribution < -0.4 is 9.47 Å². The topological polar surface area (TPSA) is 48.4 Å². The molecule has 2 heterocycles. The number of carbonyl (C=O) groups excluding carboxylic acids is 1. The largest absolute Gasteiger partial charge is 0.493 e. The highest BCUT2D eigenvalue weighted by molar-refractivity contribution is 6.11. The van der Waals surface area contributed by atoms with Crippen molar-refractivity contribution >= 4 is 16.7 Å². The Labute approximate surface area is 188 Å². The summed E-state index contributed by atoms with van der Waals surface area (Å²) >= 11 is 0. The maximum atomic E-state index is 13.1. The fraction of sp³-hybridized carbons (Fsp3) is 0.214. The second-order valence-electron chi connectivity index (χ2n) is 7.81. The molecule has 32 heavy (non-hydrogen) atoms. The quantitative estimate of drug-likeness (QED) is 0.350. The molecule has 1 aromatic heterocycles. The first-order valence-corrected chi connectivity index (χ1v) is 11.0. The summed E-state index contributed by atoms with van der Waals surface area (Å²) in [5, 5.41) is 0.929. The Kier molecular flexibility index (Phi) is 6.50. The second-order valence-corrected chi connectivity index (χ2v) is 7.81. The van der Waals surface area contributed by atoms with Crippen molar-refractivity contribution in [3.05, 3.63) is 89.5 Å². The fourth-order valence-corrected chi connectivity index (χ4v) is 3.76. The van der Waals surface area contributed by atoms with Crippen LogP contribution in [0.5, 0.6) is 11.6 Å². The maximum Gasteiger partial charge on any atom is 0.214 e. The molecule has 0 spiro atoms. The Bertz CT molecular complexity index is 1260. The van der Waals surface area contributed by atoms with Crippen LogP contribution >= 0.6 is 0 Å². The molecule has 0 atom stereocenters. The van der Waals surface area contributed by atoms with Crippen LogP contribution in [0.1, 0.15) is 41.8 Å². The van der Waals surface area contributed by atoms with E-state index in [9.17, 15) is 4.79 Å². The van der Waals surface area contributed by atoms with Gasteiger partial charge < -0.3 is 9.47 Å². The average Bonchev–Trinajstić information content (AvgIpc) is 2.83. The van der Waals surface area contributed by atoms with Crippen molar-refractivity contribution in [2.45, 2.75) is 26.7 Å². The van der Waals surface area contributed by atoms with Crippen LogP contribution in [0.2, 0.25) is 0 Å². The smallest absolute Gasteiger partial charge is 0.214 e.